The lowest BCUT2D eigenvalue weighted by Gasteiger charge is -2.09. The molecule has 20 heavy (non-hydrogen) atoms. The fraction of sp³-hybridized carbons (Fsp3) is 0.615. The number of aryl methyl sites for hydroxylation is 2. The first-order chi connectivity index (χ1) is 12.9. The number of aromatic nitrogens is 4. The Labute approximate surface area is 128 Å². The van der Waals surface area contributed by atoms with Crippen LogP contribution in [0.4, 0.5) is 0 Å². The number of aliphatic hydroxyl groups is 1. The molecule has 0 aliphatic rings. The second-order valence-corrected chi connectivity index (χ2v) is 4.23. The van der Waals surface area contributed by atoms with E-state index in [0.29, 0.717) is 9.13 Å². The molecule has 0 radical (unpaired) electrons. The van der Waals surface area contributed by atoms with E-state index in [9.17, 15) is 14.7 Å². The van der Waals surface area contributed by atoms with E-state index in [1.807, 2.05) is 0 Å². The van der Waals surface area contributed by atoms with Gasteiger partial charge in [-0.3, -0.25) is 13.9 Å². The molecule has 1 unspecified atom stereocenters. The van der Waals surface area contributed by atoms with Gasteiger partial charge in [-0.25, -0.2) is 9.78 Å². The van der Waals surface area contributed by atoms with Crippen LogP contribution < -0.4 is 11.2 Å². The van der Waals surface area contributed by atoms with E-state index in [1.165, 1.54) is 17.9 Å². The van der Waals surface area contributed by atoms with Gasteiger partial charge in [0.25, 0.3) is 5.56 Å². The van der Waals surface area contributed by atoms with Gasteiger partial charge in [0.15, 0.2) is 11.2 Å². The average Bonchev–Trinajstić information content (AvgIpc) is 2.89. The minimum Gasteiger partial charge on any atom is -0.393 e. The zero-order valence-electron chi connectivity index (χ0n) is 19.8. The normalized spacial score (nSPS) is 23.2. The first-order valence-electron chi connectivity index (χ1n) is 10.3. The maximum absolute atomic E-state index is 12.7. The van der Waals surface area contributed by atoms with Crippen molar-refractivity contribution >= 4 is 11.2 Å². The minimum atomic E-state index is -3.41. The molecule has 0 spiro atoms. The van der Waals surface area contributed by atoms with Crippen molar-refractivity contribution in [2.24, 2.45) is 14.0 Å². The Morgan fingerprint density at radius 1 is 1.55 bits per heavy atom. The van der Waals surface area contributed by atoms with Crippen molar-refractivity contribution in [2.45, 2.75) is 38.7 Å². The van der Waals surface area contributed by atoms with Crippen LogP contribution in [0.15, 0.2) is 15.9 Å². The standard InChI is InChI=1S/C13H20N4O3/c1-9(18)6-4-5-7-17-12(19)10-11(14-8-15(10)2)16(3)13(17)20/h8-9,18H,4-7H2,1-3H3/i1D3,3D3,6D2,9D. The molecule has 0 fully saturated rings. The summed E-state index contributed by atoms with van der Waals surface area (Å²) in [6, 6.07) is 0. The number of fused-ring (bicyclic) bond motifs is 1. The van der Waals surface area contributed by atoms with Crippen LogP contribution in [0.2, 0.25) is 0 Å². The number of hydrogen-bond donors (Lipinski definition) is 1. The van der Waals surface area contributed by atoms with Gasteiger partial charge in [0.05, 0.1) is 13.8 Å². The first-order valence-corrected chi connectivity index (χ1v) is 5.83. The lowest BCUT2D eigenvalue weighted by Crippen LogP contribution is -2.39. The van der Waals surface area contributed by atoms with Gasteiger partial charge in [-0.2, -0.15) is 0 Å². The Hall–Kier alpha value is -1.89. The predicted molar refractivity (Wildman–Crippen MR) is 75.7 cm³/mol. The zero-order chi connectivity index (χ0) is 22.6. The molecule has 2 aromatic rings. The van der Waals surface area contributed by atoms with Gasteiger partial charge in [0.2, 0.25) is 0 Å². The first kappa shape index (κ1) is 6.71. The highest BCUT2D eigenvalue weighted by Crippen LogP contribution is 2.04. The Morgan fingerprint density at radius 3 is 3.05 bits per heavy atom. The highest BCUT2D eigenvalue weighted by molar-refractivity contribution is 5.69. The fourth-order valence-electron chi connectivity index (χ4n) is 1.90. The summed E-state index contributed by atoms with van der Waals surface area (Å²) in [5.74, 6) is 0. The monoisotopic (exact) mass is 289 g/mol. The van der Waals surface area contributed by atoms with Crippen LogP contribution in [-0.2, 0) is 20.6 Å². The highest BCUT2D eigenvalue weighted by atomic mass is 16.3. The van der Waals surface area contributed by atoms with Crippen LogP contribution in [-0.4, -0.2) is 29.9 Å². The van der Waals surface area contributed by atoms with Crippen LogP contribution in [0.3, 0.4) is 0 Å². The summed E-state index contributed by atoms with van der Waals surface area (Å²) in [5, 5.41) is 9.79. The van der Waals surface area contributed by atoms with Gasteiger partial charge in [-0.15, -0.1) is 0 Å². The van der Waals surface area contributed by atoms with Crippen molar-refractivity contribution in [1.82, 2.24) is 18.7 Å². The fourth-order valence-corrected chi connectivity index (χ4v) is 1.90. The molecule has 0 aliphatic carbocycles. The molecular weight excluding hydrogens is 260 g/mol. The molecule has 0 saturated carbocycles. The largest absolute Gasteiger partial charge is 0.393 e. The SMILES string of the molecule is [2H]C([2H])([2H])n1c(=O)n(CCCC([2H])([2H])C([2H])(O)C([2H])([2H])[2H])c(=O)c2c1ncn2C. The maximum atomic E-state index is 12.7. The van der Waals surface area contributed by atoms with E-state index in [0.717, 1.165) is 0 Å². The van der Waals surface area contributed by atoms with E-state index in [-0.39, 0.29) is 17.6 Å². The lowest BCUT2D eigenvalue weighted by molar-refractivity contribution is 0.180. The van der Waals surface area contributed by atoms with E-state index >= 15 is 0 Å². The summed E-state index contributed by atoms with van der Waals surface area (Å²) < 4.78 is 69.2. The van der Waals surface area contributed by atoms with Crippen LogP contribution >= 0.6 is 0 Å². The number of rotatable bonds is 5. The molecule has 2 heterocycles. The number of imidazole rings is 1. The van der Waals surface area contributed by atoms with Crippen LogP contribution in [0.25, 0.3) is 11.2 Å². The van der Waals surface area contributed by atoms with Crippen molar-refractivity contribution in [3.05, 3.63) is 27.2 Å². The highest BCUT2D eigenvalue weighted by Gasteiger charge is 2.14. The summed E-state index contributed by atoms with van der Waals surface area (Å²) in [7, 11) is 1.44. The summed E-state index contributed by atoms with van der Waals surface area (Å²) in [4.78, 5) is 29.1. The van der Waals surface area contributed by atoms with Crippen LogP contribution in [0.1, 0.15) is 38.4 Å². The summed E-state index contributed by atoms with van der Waals surface area (Å²) in [6.07, 6.45) is -6.11. The molecule has 110 valence electrons. The molecule has 0 aromatic carbocycles. The Bertz CT molecular complexity index is 1030. The third-order valence-corrected chi connectivity index (χ3v) is 2.85. The van der Waals surface area contributed by atoms with Crippen molar-refractivity contribution in [3.8, 4) is 0 Å². The Balaban J connectivity index is 2.45. The number of nitrogens with zero attached hydrogens (tertiary/aromatic N) is 4. The van der Waals surface area contributed by atoms with Crippen LogP contribution in [0, 0.1) is 0 Å². The molecule has 1 N–H and O–H groups in total. The van der Waals surface area contributed by atoms with Gasteiger partial charge in [-0.05, 0) is 26.1 Å². The Morgan fingerprint density at radius 2 is 2.35 bits per heavy atom. The van der Waals surface area contributed by atoms with Gasteiger partial charge < -0.3 is 9.67 Å². The second-order valence-electron chi connectivity index (χ2n) is 4.23. The topological polar surface area (TPSA) is 82.0 Å². The maximum Gasteiger partial charge on any atom is 0.332 e. The molecule has 7 heteroatoms. The third-order valence-electron chi connectivity index (χ3n) is 2.85. The quantitative estimate of drug-likeness (QED) is 0.839. The van der Waals surface area contributed by atoms with Gasteiger partial charge in [0, 0.05) is 31.5 Å². The molecule has 7 nitrogen and oxygen atoms in total. The molecule has 1 atom stereocenters. The predicted octanol–water partition coefficient (Wildman–Crippen LogP) is -0.0152. The molecular formula is C13H20N4O3. The zero-order valence-corrected chi connectivity index (χ0v) is 10.8. The summed E-state index contributed by atoms with van der Waals surface area (Å²) in [6.45, 7) is -6.71. The smallest absolute Gasteiger partial charge is 0.332 e. The molecule has 2 rings (SSSR count). The molecule has 0 saturated heterocycles. The van der Waals surface area contributed by atoms with Crippen LogP contribution in [0.5, 0.6) is 0 Å². The van der Waals surface area contributed by atoms with Crippen molar-refractivity contribution in [3.63, 3.8) is 0 Å². The average molecular weight is 289 g/mol. The van der Waals surface area contributed by atoms with Gasteiger partial charge >= 0.3 is 5.69 Å². The van der Waals surface area contributed by atoms with Gasteiger partial charge in [0.1, 0.15) is 0 Å². The molecule has 2 aromatic heterocycles. The summed E-state index contributed by atoms with van der Waals surface area (Å²) in [5.41, 5.74) is -2.50. The van der Waals surface area contributed by atoms with Crippen molar-refractivity contribution in [2.75, 3.05) is 0 Å². The second kappa shape index (κ2) is 5.62. The van der Waals surface area contributed by atoms with E-state index < -0.39 is 50.5 Å². The lowest BCUT2D eigenvalue weighted by atomic mass is 10.2. The van der Waals surface area contributed by atoms with E-state index in [4.69, 9.17) is 12.3 Å². The number of hydrogen-bond acceptors (Lipinski definition) is 4. The van der Waals surface area contributed by atoms with E-state index in [2.05, 4.69) is 4.98 Å². The van der Waals surface area contributed by atoms with Gasteiger partial charge in [-0.1, -0.05) is 0 Å². The summed E-state index contributed by atoms with van der Waals surface area (Å²) >= 11 is 0. The van der Waals surface area contributed by atoms with E-state index in [1.54, 1.807) is 0 Å². The minimum absolute atomic E-state index is 0.150. The van der Waals surface area contributed by atoms with Crippen molar-refractivity contribution < 1.29 is 17.4 Å². The molecule has 0 bridgehead atoms. The third kappa shape index (κ3) is 2.53. The van der Waals surface area contributed by atoms with Crippen molar-refractivity contribution in [1.29, 1.82) is 0 Å². The Kier molecular flexibility index (Phi) is 1.89. The molecule has 0 aliphatic heterocycles. The molecule has 0 amide bonds.